The maximum Gasteiger partial charge on any atom is 0.355 e. The van der Waals surface area contributed by atoms with E-state index in [0.717, 1.165) is 11.7 Å². The van der Waals surface area contributed by atoms with E-state index in [9.17, 15) is 0 Å². The van der Waals surface area contributed by atoms with E-state index in [2.05, 4.69) is 535 Å². The molecule has 2 aromatic heterocycles. The van der Waals surface area contributed by atoms with Gasteiger partial charge in [-0.3, -0.25) is 0 Å². The number of anilines is 4. The quantitative estimate of drug-likeness (QED) is 0.106. The molecule has 2 aliphatic carbocycles. The first kappa shape index (κ1) is 85.6. The van der Waals surface area contributed by atoms with Crippen molar-refractivity contribution in [2.24, 2.45) is 0 Å². The van der Waals surface area contributed by atoms with E-state index in [1.807, 2.05) is 11.8 Å². The van der Waals surface area contributed by atoms with Crippen molar-refractivity contribution in [2.45, 2.75) is 205 Å². The van der Waals surface area contributed by atoms with Gasteiger partial charge in [-0.25, -0.2) is 0 Å². The highest BCUT2D eigenvalue weighted by Gasteiger charge is 2.63. The fraction of sp³-hybridized carbons (Fsp3) is 0.286. The molecule has 4 unspecified atom stereocenters. The first-order valence-electron chi connectivity index (χ1n) is 43.8. The van der Waals surface area contributed by atoms with Crippen LogP contribution in [0.25, 0.3) is 55.7 Å². The largest absolute Gasteiger partial charge is 0.355 e. The van der Waals surface area contributed by atoms with Crippen molar-refractivity contribution < 1.29 is 0 Å². The second kappa shape index (κ2) is 30.5. The lowest BCUT2D eigenvalue weighted by atomic mass is 9.36. The minimum atomic E-state index is -0.414. The van der Waals surface area contributed by atoms with E-state index in [-0.39, 0.29) is 48.7 Å². The van der Waals surface area contributed by atoms with E-state index < -0.39 is 10.8 Å². The monoisotopic (exact) mass is 1980 g/mol. The highest BCUT2D eigenvalue weighted by atomic mass is 127. The second-order valence-corrected chi connectivity index (χ2v) is 54.7. The fourth-order valence-corrected chi connectivity index (χ4v) is 25.0. The molecular weight excluding hydrogens is 1870 g/mol. The van der Waals surface area contributed by atoms with Gasteiger partial charge in [0.05, 0.1) is 37.2 Å². The van der Waals surface area contributed by atoms with Crippen LogP contribution in [0.3, 0.4) is 0 Å². The number of halogens is 3. The molecule has 0 bridgehead atoms. The summed E-state index contributed by atoms with van der Waals surface area (Å²) < 4.78 is 5.42. The van der Waals surface area contributed by atoms with Crippen LogP contribution in [0.15, 0.2) is 301 Å². The summed E-state index contributed by atoms with van der Waals surface area (Å²) in [5.41, 5.74) is 38.7. The second-order valence-electron chi connectivity index (χ2n) is 41.1. The Labute approximate surface area is 781 Å². The minimum Gasteiger partial charge on any atom is -0.314 e. The van der Waals surface area contributed by atoms with Crippen molar-refractivity contribution in [3.05, 3.63) is 379 Å². The van der Waals surface area contributed by atoms with Gasteiger partial charge < -0.3 is 18.9 Å². The number of hydrogen-bond donors (Lipinski definition) is 0. The standard InChI is InChI=1S/C56H55BN2S.C56H58N2S.BI3/c1-34-30-44-47-45(31-34)59-48-41(46-49(59)40-24-18-19-25-42(40)54(46,8)9)32-38(53(5,6)7)33-43(48)57(47)51-50(58(44)39-28-26-35(27-29-39)52(2,3)4)55(10,36-20-14-12-15-21-36)56(11,60-51)37-22-16-13-17-23-37;1-37-32-43(35-44(33-37)58-48-31-28-41(53(5,6)7)34-46(48)50-51(58)45-24-18-19-25-47(45)54(50,8)9)57(42-29-26-38(27-30-42)52(2,3)4)49-36-59-56(11,40-22-16-13-17-23-40)55(49,10)39-20-14-12-15-21-39;2-1(3)4/h12-33H,1-11H3;12-36H,1-11H3;. The lowest BCUT2D eigenvalue weighted by Crippen LogP contribution is -2.55. The van der Waals surface area contributed by atoms with Gasteiger partial charge in [0.2, 0.25) is 0 Å². The Morgan fingerprint density at radius 1 is 0.390 bits per heavy atom. The molecule has 620 valence electrons. The maximum atomic E-state index is 2.71. The third-order valence-corrected chi connectivity index (χ3v) is 31.7. The van der Waals surface area contributed by atoms with E-state index in [0.29, 0.717) is 0 Å². The van der Waals surface area contributed by atoms with Crippen LogP contribution in [-0.4, -0.2) is 16.1 Å². The maximum absolute atomic E-state index is 2.71. The minimum absolute atomic E-state index is 0.0327. The Kier molecular flexibility index (Phi) is 21.3. The number of hydrogen-bond acceptors (Lipinski definition) is 4. The third-order valence-electron chi connectivity index (χ3n) is 28.6. The molecule has 0 amide bonds. The first-order chi connectivity index (χ1) is 58.1. The number of fused-ring (bicyclic) bond motifs is 13. The van der Waals surface area contributed by atoms with Crippen LogP contribution in [-0.2, 0) is 52.8 Å². The summed E-state index contributed by atoms with van der Waals surface area (Å²) >= 11 is 11.0. The Balaban J connectivity index is 0.000000161. The molecule has 12 aromatic carbocycles. The van der Waals surface area contributed by atoms with Crippen LogP contribution in [0, 0.1) is 13.8 Å². The average molecular weight is 1980 g/mol. The van der Waals surface area contributed by atoms with Crippen molar-refractivity contribution in [1.82, 2.24) is 9.13 Å². The van der Waals surface area contributed by atoms with Gasteiger partial charge in [-0.05, 0) is 235 Å². The van der Waals surface area contributed by atoms with Gasteiger partial charge in [0.25, 0.3) is 6.71 Å². The van der Waals surface area contributed by atoms with Crippen molar-refractivity contribution in [2.75, 3.05) is 9.80 Å². The topological polar surface area (TPSA) is 16.3 Å². The molecule has 4 nitrogen and oxygen atoms in total. The van der Waals surface area contributed by atoms with Crippen molar-refractivity contribution in [3.63, 3.8) is 0 Å². The van der Waals surface area contributed by atoms with Gasteiger partial charge in [0.1, 0.15) is 0 Å². The summed E-state index contributed by atoms with van der Waals surface area (Å²) in [6, 6.07) is 107. The van der Waals surface area contributed by atoms with Gasteiger partial charge in [-0.15, -0.1) is 90.6 Å². The number of nitrogens with zero attached hydrogens (tertiary/aromatic N) is 4. The predicted molar refractivity (Wildman–Crippen MR) is 561 cm³/mol. The van der Waals surface area contributed by atoms with Gasteiger partial charge in [0, 0.05) is 83.8 Å². The average Bonchev–Trinajstić information content (AvgIpc) is 1.50. The molecule has 14 aromatic rings. The van der Waals surface area contributed by atoms with Crippen molar-refractivity contribution in [1.29, 1.82) is 0 Å². The Morgan fingerprint density at radius 2 is 0.829 bits per heavy atom. The summed E-state index contributed by atoms with van der Waals surface area (Å²) in [6.07, 6.45) is 0. The molecule has 0 spiro atoms. The third kappa shape index (κ3) is 13.6. The molecule has 6 aliphatic rings. The summed E-state index contributed by atoms with van der Waals surface area (Å²) in [5.74, 6) is 0. The Hall–Kier alpha value is -8.18. The van der Waals surface area contributed by atoms with Crippen molar-refractivity contribution >= 4 is 153 Å². The molecule has 6 heterocycles. The molecule has 4 atom stereocenters. The molecular formula is C112H113B2I3N4S2. The highest BCUT2D eigenvalue weighted by molar-refractivity contribution is 14.4. The van der Waals surface area contributed by atoms with E-state index in [1.54, 1.807) is 0 Å². The number of thioether (sulfide) groups is 2. The summed E-state index contributed by atoms with van der Waals surface area (Å²) in [7, 11) is 0. The smallest absolute Gasteiger partial charge is 0.314 e. The van der Waals surface area contributed by atoms with Gasteiger partial charge in [-0.2, -0.15) is 0 Å². The van der Waals surface area contributed by atoms with Gasteiger partial charge >= 0.3 is 0.282 Å². The fourth-order valence-electron chi connectivity index (χ4n) is 21.7. The number of aromatic nitrogens is 2. The molecule has 0 saturated heterocycles. The zero-order chi connectivity index (χ0) is 87.2. The van der Waals surface area contributed by atoms with Crippen LogP contribution >= 0.6 is 90.6 Å². The number of rotatable bonds is 9. The Morgan fingerprint density at radius 3 is 1.36 bits per heavy atom. The molecule has 0 N–H and O–H groups in total. The zero-order valence-corrected chi connectivity index (χ0v) is 83.6. The normalized spacial score (nSPS) is 19.9. The predicted octanol–water partition coefficient (Wildman–Crippen LogP) is 31.0. The van der Waals surface area contributed by atoms with E-state index >= 15 is 0 Å². The summed E-state index contributed by atoms with van der Waals surface area (Å²) in [4.78, 5) is 6.73. The summed E-state index contributed by atoms with van der Waals surface area (Å²) in [5, 5.41) is 5.20. The van der Waals surface area contributed by atoms with Crippen LogP contribution in [0.1, 0.15) is 216 Å². The van der Waals surface area contributed by atoms with Crippen LogP contribution in [0.5, 0.6) is 0 Å². The van der Waals surface area contributed by atoms with Crippen LogP contribution < -0.4 is 20.7 Å². The SMILES string of the molecule is Cc1cc(N(C2=CSC(C)(c3ccccc3)C2(C)c2ccccc2)c2ccc(C(C)(C)C)cc2)cc(-n2c3c(c4cc(C(C)(C)C)ccc42)C(C)(C)c2ccccc2-3)c1.Cc1cc2c3c(c1)-n1c4c(c5cc(C(C)(C)C)cc(c51)B3C1=C(N2c2ccc(C(C)(C)C)cc2)C(C)(c2ccccc2)C(C)(c2ccccc2)S1)C(C)(C)c1ccccc1-4.IB(I)I. The number of benzene rings is 12. The molecule has 123 heavy (non-hydrogen) atoms. The zero-order valence-electron chi connectivity index (χ0n) is 75.5. The molecule has 11 heteroatoms. The summed E-state index contributed by atoms with van der Waals surface area (Å²) in [6.45, 7) is 52.3. The van der Waals surface area contributed by atoms with Crippen LogP contribution in [0.4, 0.5) is 22.7 Å². The first-order valence-corrected chi connectivity index (χ1v) is 49.2. The number of aryl methyl sites for hydroxylation is 2. The van der Waals surface area contributed by atoms with Gasteiger partial charge in [-0.1, -0.05) is 317 Å². The van der Waals surface area contributed by atoms with E-state index in [4.69, 9.17) is 0 Å². The number of allylic oxidation sites excluding steroid dienone is 2. The van der Waals surface area contributed by atoms with Crippen LogP contribution in [0.2, 0.25) is 0 Å². The highest BCUT2D eigenvalue weighted by Crippen LogP contribution is 2.69. The lowest BCUT2D eigenvalue weighted by Gasteiger charge is -2.48. The lowest BCUT2D eigenvalue weighted by molar-refractivity contribution is 0.426. The molecule has 0 fully saturated rings. The molecule has 20 rings (SSSR count). The van der Waals surface area contributed by atoms with Crippen molar-refractivity contribution in [3.8, 4) is 33.9 Å². The molecule has 4 aliphatic heterocycles. The molecule has 0 saturated carbocycles. The Bertz CT molecular complexity index is 6610. The van der Waals surface area contributed by atoms with Gasteiger partial charge in [0.15, 0.2) is 0 Å². The molecule has 0 radical (unpaired) electrons. The van der Waals surface area contributed by atoms with E-state index in [1.165, 1.54) is 172 Å².